The molecule has 0 radical (unpaired) electrons. The zero-order chi connectivity index (χ0) is 23.3. The third-order valence-electron chi connectivity index (χ3n) is 5.30. The first-order chi connectivity index (χ1) is 14.2. The molecule has 0 aromatic carbocycles. The number of nitrogens with two attached hydrogens (primary N) is 1. The summed E-state index contributed by atoms with van der Waals surface area (Å²) in [6.45, 7) is 16.7. The van der Waals surface area contributed by atoms with E-state index in [1.807, 2.05) is 34.6 Å². The van der Waals surface area contributed by atoms with Gasteiger partial charge in [-0.05, 0) is 31.7 Å². The fourth-order valence-electron chi connectivity index (χ4n) is 3.53. The number of aliphatic carboxylic acids is 1. The molecule has 6 N–H and O–H groups in total. The van der Waals surface area contributed by atoms with Gasteiger partial charge in [0.1, 0.15) is 12.1 Å². The van der Waals surface area contributed by atoms with Crippen LogP contribution in [0.15, 0.2) is 12.7 Å². The van der Waals surface area contributed by atoms with Crippen LogP contribution >= 0.6 is 0 Å². The first kappa shape index (κ1) is 28.5. The van der Waals surface area contributed by atoms with Gasteiger partial charge in [0.2, 0.25) is 5.91 Å². The van der Waals surface area contributed by atoms with E-state index in [2.05, 4.69) is 22.2 Å². The van der Waals surface area contributed by atoms with Crippen LogP contribution in [0.25, 0.3) is 0 Å². The number of allylic oxidation sites excluding steroid dienone is 1. The number of amides is 1. The second-order valence-electron chi connectivity index (χ2n) is 8.12. The van der Waals surface area contributed by atoms with E-state index < -0.39 is 29.6 Å². The average Bonchev–Trinajstić information content (AvgIpc) is 3.15. The topological polar surface area (TPSA) is 131 Å². The summed E-state index contributed by atoms with van der Waals surface area (Å²) in [7, 11) is 0. The fraction of sp³-hybridized carbons (Fsp3) is 0.810. The molecule has 9 heteroatoms. The lowest BCUT2D eigenvalue weighted by molar-refractivity contribution is -0.140. The molecule has 0 aromatic heterocycles. The van der Waals surface area contributed by atoms with E-state index in [1.165, 1.54) is 0 Å². The average molecular weight is 430 g/mol. The summed E-state index contributed by atoms with van der Waals surface area (Å²) in [4.78, 5) is 27.6. The van der Waals surface area contributed by atoms with Gasteiger partial charge in [0.05, 0.1) is 6.10 Å². The van der Waals surface area contributed by atoms with Crippen molar-refractivity contribution in [1.82, 2.24) is 20.5 Å². The monoisotopic (exact) mass is 429 g/mol. The molecule has 2 fully saturated rings. The molecule has 1 amide bonds. The minimum absolute atomic E-state index is 0.0900. The lowest BCUT2D eigenvalue weighted by atomic mass is 9.80. The minimum atomic E-state index is -0.840. The summed E-state index contributed by atoms with van der Waals surface area (Å²) in [5, 5.41) is 21.8. The van der Waals surface area contributed by atoms with Crippen LogP contribution in [0.5, 0.6) is 0 Å². The highest BCUT2D eigenvalue weighted by molar-refractivity contribution is 5.83. The Labute approximate surface area is 181 Å². The largest absolute Gasteiger partial charge is 0.480 e. The molecule has 0 bridgehead atoms. The van der Waals surface area contributed by atoms with Crippen molar-refractivity contribution in [1.29, 1.82) is 0 Å². The number of piperazine rings is 1. The lowest BCUT2D eigenvalue weighted by Crippen LogP contribution is -2.57. The Morgan fingerprint density at radius 3 is 2.40 bits per heavy atom. The number of rotatable bonds is 7. The Kier molecular flexibility index (Phi) is 13.7. The zero-order valence-corrected chi connectivity index (χ0v) is 19.4. The molecule has 0 saturated carbocycles. The van der Waals surface area contributed by atoms with Gasteiger partial charge in [0, 0.05) is 32.7 Å². The summed E-state index contributed by atoms with van der Waals surface area (Å²) in [6, 6.07) is -1.09. The maximum absolute atomic E-state index is 12.7. The summed E-state index contributed by atoms with van der Waals surface area (Å²) in [5.41, 5.74) is 2.25. The number of aliphatic hydroxyl groups excluding tert-OH is 1. The first-order valence-electron chi connectivity index (χ1n) is 10.8. The smallest absolute Gasteiger partial charge is 0.322 e. The van der Waals surface area contributed by atoms with Gasteiger partial charge >= 0.3 is 5.97 Å². The maximum Gasteiger partial charge on any atom is 0.322 e. The number of hydrazine groups is 1. The molecular weight excluding hydrogens is 386 g/mol. The van der Waals surface area contributed by atoms with Gasteiger partial charge in [0.15, 0.2) is 0 Å². The van der Waals surface area contributed by atoms with Crippen molar-refractivity contribution in [2.75, 3.05) is 39.3 Å². The molecule has 2 rings (SSSR count). The Balaban J connectivity index is 0.00000154. The number of hydrogen-bond donors (Lipinski definition) is 5. The van der Waals surface area contributed by atoms with Crippen LogP contribution < -0.4 is 16.6 Å². The zero-order valence-electron chi connectivity index (χ0n) is 19.4. The van der Waals surface area contributed by atoms with Crippen LogP contribution in [-0.4, -0.2) is 89.3 Å². The molecule has 176 valence electrons. The molecule has 0 spiro atoms. The lowest BCUT2D eigenvalue weighted by Gasteiger charge is -2.38. The van der Waals surface area contributed by atoms with Crippen LogP contribution in [0.4, 0.5) is 0 Å². The summed E-state index contributed by atoms with van der Waals surface area (Å²) in [6.07, 6.45) is 2.59. The number of hydrogen-bond acceptors (Lipinski definition) is 7. The molecule has 2 aliphatic rings. The molecule has 3 atom stereocenters. The third kappa shape index (κ3) is 9.09. The second-order valence-corrected chi connectivity index (χ2v) is 8.12. The van der Waals surface area contributed by atoms with E-state index in [1.54, 1.807) is 11.0 Å². The number of nitrogens with one attached hydrogen (secondary N) is 2. The van der Waals surface area contributed by atoms with Crippen molar-refractivity contribution in [3.05, 3.63) is 12.7 Å². The SMILES string of the molecule is C=CC.CC.CC(C)(CCN1CCNC(C(=O)O)C1)C(NN)C(=O)N1CCC(O)C1. The summed E-state index contributed by atoms with van der Waals surface area (Å²) < 4.78 is 0. The molecule has 9 nitrogen and oxygen atoms in total. The number of carboxylic acids is 1. The van der Waals surface area contributed by atoms with Gasteiger partial charge < -0.3 is 20.4 Å². The van der Waals surface area contributed by atoms with Crippen molar-refractivity contribution >= 4 is 11.9 Å². The van der Waals surface area contributed by atoms with Gasteiger partial charge in [-0.3, -0.25) is 20.3 Å². The molecule has 2 saturated heterocycles. The highest BCUT2D eigenvalue weighted by Gasteiger charge is 2.39. The van der Waals surface area contributed by atoms with Crippen LogP contribution in [0.3, 0.4) is 0 Å². The van der Waals surface area contributed by atoms with Gasteiger partial charge in [-0.15, -0.1) is 6.58 Å². The van der Waals surface area contributed by atoms with E-state index in [4.69, 9.17) is 10.9 Å². The first-order valence-corrected chi connectivity index (χ1v) is 10.8. The molecule has 2 aliphatic heterocycles. The van der Waals surface area contributed by atoms with Gasteiger partial charge in [-0.2, -0.15) is 0 Å². The maximum atomic E-state index is 12.7. The van der Waals surface area contributed by atoms with Gasteiger partial charge in [-0.1, -0.05) is 33.8 Å². The van der Waals surface area contributed by atoms with Crippen molar-refractivity contribution in [3.63, 3.8) is 0 Å². The summed E-state index contributed by atoms with van der Waals surface area (Å²) in [5.74, 6) is 4.74. The Morgan fingerprint density at radius 1 is 1.33 bits per heavy atom. The highest BCUT2D eigenvalue weighted by Crippen LogP contribution is 2.28. The van der Waals surface area contributed by atoms with Crippen molar-refractivity contribution < 1.29 is 19.8 Å². The van der Waals surface area contributed by atoms with E-state index in [0.717, 1.165) is 6.54 Å². The van der Waals surface area contributed by atoms with Crippen molar-refractivity contribution in [2.45, 2.75) is 65.6 Å². The van der Waals surface area contributed by atoms with E-state index in [9.17, 15) is 14.7 Å². The van der Waals surface area contributed by atoms with E-state index >= 15 is 0 Å². The van der Waals surface area contributed by atoms with E-state index in [-0.39, 0.29) is 5.91 Å². The number of carboxylic acid groups (broad SMARTS) is 1. The second kappa shape index (κ2) is 14.5. The fourth-order valence-corrected chi connectivity index (χ4v) is 3.53. The van der Waals surface area contributed by atoms with Crippen LogP contribution in [0.1, 0.15) is 47.5 Å². The van der Waals surface area contributed by atoms with E-state index in [0.29, 0.717) is 45.6 Å². The third-order valence-corrected chi connectivity index (χ3v) is 5.30. The van der Waals surface area contributed by atoms with Crippen molar-refractivity contribution in [2.24, 2.45) is 11.3 Å². The molecule has 30 heavy (non-hydrogen) atoms. The normalized spacial score (nSPS) is 22.8. The van der Waals surface area contributed by atoms with Crippen molar-refractivity contribution in [3.8, 4) is 0 Å². The number of aliphatic hydroxyl groups is 1. The predicted molar refractivity (Wildman–Crippen MR) is 120 cm³/mol. The number of carbonyl (C=O) groups excluding carboxylic acids is 1. The molecule has 2 heterocycles. The number of nitrogens with zero attached hydrogens (tertiary/aromatic N) is 2. The Morgan fingerprint density at radius 2 is 1.93 bits per heavy atom. The highest BCUT2D eigenvalue weighted by atomic mass is 16.4. The van der Waals surface area contributed by atoms with Crippen LogP contribution in [-0.2, 0) is 9.59 Å². The number of carbonyl (C=O) groups is 2. The quantitative estimate of drug-likeness (QED) is 0.223. The number of β-amino-alcohol motifs (C(OH)–C–C–N with tert-alkyl or cyclic N) is 1. The predicted octanol–water partition coefficient (Wildman–Crippen LogP) is 0.405. The number of likely N-dealkylation sites (tertiary alicyclic amines) is 1. The van der Waals surface area contributed by atoms with Crippen LogP contribution in [0.2, 0.25) is 0 Å². The van der Waals surface area contributed by atoms with Gasteiger partial charge in [-0.25, -0.2) is 5.43 Å². The van der Waals surface area contributed by atoms with Gasteiger partial charge in [0.25, 0.3) is 0 Å². The Hall–Kier alpha value is -1.52. The standard InChI is InChI=1S/C16H31N5O4.C3H6.C2H6/c1-16(2,4-7-20-8-5-18-12(10-20)15(24)25)13(19-17)14(23)21-6-3-11(22)9-21;1-3-2;1-2/h11-13,18-19,22H,3-10,17H2,1-2H3,(H,24,25);3H,1H2,2H3;1-2H3. The molecule has 0 aromatic rings. The van der Waals surface area contributed by atoms with Crippen LogP contribution in [0, 0.1) is 5.41 Å². The Bertz CT molecular complexity index is 530. The molecular formula is C21H43N5O4. The summed E-state index contributed by atoms with van der Waals surface area (Å²) >= 11 is 0. The molecule has 3 unspecified atom stereocenters. The minimum Gasteiger partial charge on any atom is -0.480 e. The molecule has 0 aliphatic carbocycles.